The van der Waals surface area contributed by atoms with Crippen LogP contribution in [-0.4, -0.2) is 18.1 Å². The molecular formula is C14H14F3N3O. The number of benzene rings is 1. The van der Waals surface area contributed by atoms with E-state index < -0.39 is 11.7 Å². The molecule has 0 aliphatic heterocycles. The van der Waals surface area contributed by atoms with Gasteiger partial charge in [-0.15, -0.1) is 0 Å². The van der Waals surface area contributed by atoms with Gasteiger partial charge in [-0.1, -0.05) is 0 Å². The molecule has 4 nitrogen and oxygen atoms in total. The van der Waals surface area contributed by atoms with Crippen LogP contribution in [0.1, 0.15) is 5.56 Å². The second-order valence-corrected chi connectivity index (χ2v) is 4.24. The van der Waals surface area contributed by atoms with Crippen LogP contribution in [0.5, 0.6) is 5.75 Å². The number of hydrogen-bond donors (Lipinski definition) is 2. The average Bonchev–Trinajstić information content (AvgIpc) is 2.45. The molecule has 7 heteroatoms. The van der Waals surface area contributed by atoms with Gasteiger partial charge < -0.3 is 15.8 Å². The molecule has 112 valence electrons. The molecule has 1 aromatic carbocycles. The predicted molar refractivity (Wildman–Crippen MR) is 74.1 cm³/mol. The van der Waals surface area contributed by atoms with Crippen molar-refractivity contribution in [1.29, 1.82) is 0 Å². The molecule has 0 spiro atoms. The Morgan fingerprint density at radius 1 is 1.14 bits per heavy atom. The Balaban J connectivity index is 1.88. The van der Waals surface area contributed by atoms with E-state index in [1.54, 1.807) is 24.3 Å². The van der Waals surface area contributed by atoms with Gasteiger partial charge in [-0.2, -0.15) is 13.2 Å². The van der Waals surface area contributed by atoms with Gasteiger partial charge in [0.05, 0.1) is 12.1 Å². The van der Waals surface area contributed by atoms with Crippen LogP contribution in [0.2, 0.25) is 0 Å². The molecular weight excluding hydrogens is 283 g/mol. The summed E-state index contributed by atoms with van der Waals surface area (Å²) in [5.74, 6) is 0.397. The van der Waals surface area contributed by atoms with Gasteiger partial charge in [-0.3, -0.25) is 0 Å². The van der Waals surface area contributed by atoms with Gasteiger partial charge in [0.2, 0.25) is 0 Å². The molecule has 0 saturated heterocycles. The van der Waals surface area contributed by atoms with Crippen molar-refractivity contribution < 1.29 is 17.9 Å². The Bertz CT molecular complexity index is 585. The fraction of sp³-hybridized carbons (Fsp3) is 0.214. The maximum absolute atomic E-state index is 12.7. The van der Waals surface area contributed by atoms with Gasteiger partial charge in [0, 0.05) is 11.9 Å². The lowest BCUT2D eigenvalue weighted by Gasteiger charge is -2.13. The van der Waals surface area contributed by atoms with Crippen LogP contribution >= 0.6 is 0 Å². The summed E-state index contributed by atoms with van der Waals surface area (Å²) in [6, 6.07) is 8.98. The van der Waals surface area contributed by atoms with Crippen molar-refractivity contribution in [1.82, 2.24) is 4.98 Å². The van der Waals surface area contributed by atoms with Gasteiger partial charge in [-0.05, 0) is 36.4 Å². The molecule has 1 aromatic heterocycles. The quantitative estimate of drug-likeness (QED) is 0.657. The zero-order valence-corrected chi connectivity index (χ0v) is 11.0. The van der Waals surface area contributed by atoms with Crippen molar-refractivity contribution in [2.45, 2.75) is 6.18 Å². The lowest BCUT2D eigenvalue weighted by molar-refractivity contribution is -0.137. The van der Waals surface area contributed by atoms with Crippen molar-refractivity contribution in [3.05, 3.63) is 48.2 Å². The highest BCUT2D eigenvalue weighted by Gasteiger charge is 2.33. The largest absolute Gasteiger partial charge is 0.492 e. The third-order valence-corrected chi connectivity index (χ3v) is 2.66. The van der Waals surface area contributed by atoms with Crippen molar-refractivity contribution in [2.75, 3.05) is 24.2 Å². The number of pyridine rings is 1. The molecule has 3 N–H and O–H groups in total. The van der Waals surface area contributed by atoms with E-state index in [1.807, 2.05) is 0 Å². The van der Waals surface area contributed by atoms with Crippen LogP contribution in [0.4, 0.5) is 24.7 Å². The Morgan fingerprint density at radius 3 is 2.52 bits per heavy atom. The molecule has 2 rings (SSSR count). The molecule has 0 atom stereocenters. The minimum absolute atomic E-state index is 0.199. The van der Waals surface area contributed by atoms with Crippen LogP contribution in [0.3, 0.4) is 0 Å². The zero-order valence-electron chi connectivity index (χ0n) is 11.0. The summed E-state index contributed by atoms with van der Waals surface area (Å²) in [7, 11) is 0. The number of ether oxygens (including phenoxy) is 1. The number of alkyl halides is 3. The zero-order chi connectivity index (χ0) is 15.3. The van der Waals surface area contributed by atoms with Crippen LogP contribution in [-0.2, 0) is 6.18 Å². The smallest absolute Gasteiger partial charge is 0.419 e. The molecule has 0 unspecified atom stereocenters. The number of anilines is 2. The predicted octanol–water partition coefficient (Wildman–Crippen LogP) is 3.17. The van der Waals surface area contributed by atoms with E-state index in [0.29, 0.717) is 11.4 Å². The van der Waals surface area contributed by atoms with E-state index in [-0.39, 0.29) is 19.0 Å². The van der Waals surface area contributed by atoms with Crippen molar-refractivity contribution >= 4 is 11.5 Å². The summed E-state index contributed by atoms with van der Waals surface area (Å²) in [5, 5.41) is 2.62. The standard InChI is InChI=1S/C14H14F3N3O/c15-14(16,17)12-2-1-7-19-13(12)20-8-9-21-11-5-3-10(18)4-6-11/h1-7H,8-9,18H2,(H,19,20). The topological polar surface area (TPSA) is 60.2 Å². The lowest BCUT2D eigenvalue weighted by atomic mass is 10.2. The first kappa shape index (κ1) is 15.0. The molecule has 1 heterocycles. The van der Waals surface area contributed by atoms with Gasteiger partial charge >= 0.3 is 6.18 Å². The second kappa shape index (κ2) is 6.34. The lowest BCUT2D eigenvalue weighted by Crippen LogP contribution is -2.16. The number of nitrogens with one attached hydrogen (secondary N) is 1. The number of rotatable bonds is 5. The van der Waals surface area contributed by atoms with Crippen LogP contribution in [0.25, 0.3) is 0 Å². The molecule has 0 radical (unpaired) electrons. The summed E-state index contributed by atoms with van der Waals surface area (Å²) in [6.45, 7) is 0.405. The minimum Gasteiger partial charge on any atom is -0.492 e. The van der Waals surface area contributed by atoms with Crippen molar-refractivity contribution in [3.63, 3.8) is 0 Å². The molecule has 2 aromatic rings. The molecule has 0 amide bonds. The van der Waals surface area contributed by atoms with E-state index in [1.165, 1.54) is 12.3 Å². The molecule has 0 aliphatic carbocycles. The third-order valence-electron chi connectivity index (χ3n) is 2.66. The average molecular weight is 297 g/mol. The summed E-state index contributed by atoms with van der Waals surface area (Å²) < 4.78 is 43.6. The number of hydrogen-bond acceptors (Lipinski definition) is 4. The summed E-state index contributed by atoms with van der Waals surface area (Å²) in [5.41, 5.74) is 5.35. The highest BCUT2D eigenvalue weighted by molar-refractivity contribution is 5.45. The molecule has 0 fully saturated rings. The van der Waals surface area contributed by atoms with Crippen LogP contribution in [0.15, 0.2) is 42.6 Å². The number of nitrogens with zero attached hydrogens (tertiary/aromatic N) is 1. The first-order valence-electron chi connectivity index (χ1n) is 6.21. The van der Waals surface area contributed by atoms with E-state index in [4.69, 9.17) is 10.5 Å². The number of halogens is 3. The fourth-order valence-corrected chi connectivity index (χ4v) is 1.68. The summed E-state index contributed by atoms with van der Waals surface area (Å²) >= 11 is 0. The highest BCUT2D eigenvalue weighted by atomic mass is 19.4. The fourth-order valence-electron chi connectivity index (χ4n) is 1.68. The Kier molecular flexibility index (Phi) is 4.52. The molecule has 21 heavy (non-hydrogen) atoms. The minimum atomic E-state index is -4.44. The van der Waals surface area contributed by atoms with Gasteiger partial charge in [-0.25, -0.2) is 4.98 Å². The van der Waals surface area contributed by atoms with Crippen molar-refractivity contribution in [2.24, 2.45) is 0 Å². The molecule has 0 bridgehead atoms. The normalized spacial score (nSPS) is 11.2. The first-order chi connectivity index (χ1) is 9.97. The van der Waals surface area contributed by atoms with Gasteiger partial charge in [0.1, 0.15) is 18.2 Å². The Morgan fingerprint density at radius 2 is 1.86 bits per heavy atom. The maximum atomic E-state index is 12.7. The molecule has 0 aliphatic rings. The van der Waals surface area contributed by atoms with E-state index in [9.17, 15) is 13.2 Å². The summed E-state index contributed by atoms with van der Waals surface area (Å²) in [6.07, 6.45) is -3.13. The number of nitrogens with two attached hydrogens (primary N) is 1. The number of nitrogen functional groups attached to an aromatic ring is 1. The molecule has 0 saturated carbocycles. The Labute approximate surface area is 119 Å². The summed E-state index contributed by atoms with van der Waals surface area (Å²) in [4.78, 5) is 3.70. The van der Waals surface area contributed by atoms with E-state index in [2.05, 4.69) is 10.3 Å². The highest BCUT2D eigenvalue weighted by Crippen LogP contribution is 2.33. The second-order valence-electron chi connectivity index (χ2n) is 4.24. The first-order valence-corrected chi connectivity index (χ1v) is 6.21. The third kappa shape index (κ3) is 4.27. The van der Waals surface area contributed by atoms with Gasteiger partial charge in [0.25, 0.3) is 0 Å². The maximum Gasteiger partial charge on any atom is 0.419 e. The van der Waals surface area contributed by atoms with Crippen LogP contribution < -0.4 is 15.8 Å². The van der Waals surface area contributed by atoms with Crippen LogP contribution in [0, 0.1) is 0 Å². The number of aromatic nitrogens is 1. The van der Waals surface area contributed by atoms with E-state index in [0.717, 1.165) is 6.07 Å². The Hall–Kier alpha value is -2.44. The van der Waals surface area contributed by atoms with E-state index >= 15 is 0 Å². The monoisotopic (exact) mass is 297 g/mol. The SMILES string of the molecule is Nc1ccc(OCCNc2ncccc2C(F)(F)F)cc1. The van der Waals surface area contributed by atoms with Crippen molar-refractivity contribution in [3.8, 4) is 5.75 Å². The van der Waals surface area contributed by atoms with Gasteiger partial charge in [0.15, 0.2) is 0 Å².